The highest BCUT2D eigenvalue weighted by atomic mass is 16.2. The number of piperidine rings is 1. The molecule has 1 aliphatic heterocycles. The van der Waals surface area contributed by atoms with Gasteiger partial charge in [0, 0.05) is 38.4 Å². The van der Waals surface area contributed by atoms with Crippen molar-refractivity contribution in [2.24, 2.45) is 13.0 Å². The maximum absolute atomic E-state index is 12.2. The number of aromatic nitrogens is 2. The number of carbonyl (C=O) groups is 1. The van der Waals surface area contributed by atoms with Gasteiger partial charge in [-0.1, -0.05) is 6.92 Å². The number of rotatable bonds is 4. The lowest BCUT2D eigenvalue weighted by atomic mass is 9.99. The van der Waals surface area contributed by atoms with Gasteiger partial charge in [-0.25, -0.2) is 0 Å². The van der Waals surface area contributed by atoms with Gasteiger partial charge in [0.2, 0.25) is 5.91 Å². The summed E-state index contributed by atoms with van der Waals surface area (Å²) in [5.41, 5.74) is 1.14. The second-order valence-electron chi connectivity index (χ2n) is 5.76. The topological polar surface area (TPSA) is 41.4 Å². The van der Waals surface area contributed by atoms with Gasteiger partial charge in [-0.05, 0) is 25.8 Å². The van der Waals surface area contributed by atoms with Crippen molar-refractivity contribution in [3.05, 3.63) is 18.0 Å². The summed E-state index contributed by atoms with van der Waals surface area (Å²) >= 11 is 0. The van der Waals surface area contributed by atoms with Crippen LogP contribution >= 0.6 is 0 Å². The molecule has 0 atom stereocenters. The highest BCUT2D eigenvalue weighted by Gasteiger charge is 2.21. The molecule has 2 heterocycles. The van der Waals surface area contributed by atoms with Crippen LogP contribution in [0.1, 0.15) is 25.3 Å². The molecule has 1 aliphatic rings. The number of amides is 1. The molecule has 1 fully saturated rings. The van der Waals surface area contributed by atoms with E-state index in [0.29, 0.717) is 6.54 Å². The van der Waals surface area contributed by atoms with Crippen molar-refractivity contribution in [3.63, 3.8) is 0 Å². The predicted molar refractivity (Wildman–Crippen MR) is 74.5 cm³/mol. The van der Waals surface area contributed by atoms with Crippen LogP contribution in [0.4, 0.5) is 0 Å². The molecule has 106 valence electrons. The number of carbonyl (C=O) groups excluding carboxylic acids is 1. The van der Waals surface area contributed by atoms with Crippen LogP contribution in [0, 0.1) is 5.92 Å². The van der Waals surface area contributed by atoms with E-state index in [2.05, 4.69) is 16.9 Å². The van der Waals surface area contributed by atoms with Crippen molar-refractivity contribution in [2.45, 2.75) is 26.3 Å². The van der Waals surface area contributed by atoms with Gasteiger partial charge in [0.1, 0.15) is 0 Å². The van der Waals surface area contributed by atoms with Gasteiger partial charge in [0.25, 0.3) is 0 Å². The van der Waals surface area contributed by atoms with E-state index in [9.17, 15) is 4.79 Å². The van der Waals surface area contributed by atoms with Gasteiger partial charge < -0.3 is 4.90 Å². The van der Waals surface area contributed by atoms with Crippen molar-refractivity contribution < 1.29 is 4.79 Å². The number of hydrogen-bond donors (Lipinski definition) is 0. The SMILES string of the molecule is CC1CCN(C(=O)CN(C)Cc2cnn(C)c2)CC1. The van der Waals surface area contributed by atoms with Crippen LogP contribution in [0.25, 0.3) is 0 Å². The summed E-state index contributed by atoms with van der Waals surface area (Å²) in [6.07, 6.45) is 6.11. The fourth-order valence-corrected chi connectivity index (χ4v) is 2.51. The first-order chi connectivity index (χ1) is 9.04. The molecule has 0 aromatic carbocycles. The molecule has 0 bridgehead atoms. The van der Waals surface area contributed by atoms with Crippen molar-refractivity contribution in [2.75, 3.05) is 26.7 Å². The molecule has 0 saturated carbocycles. The Morgan fingerprint density at radius 1 is 1.47 bits per heavy atom. The van der Waals surface area contributed by atoms with Crippen molar-refractivity contribution >= 4 is 5.91 Å². The van der Waals surface area contributed by atoms with Crippen molar-refractivity contribution in [1.82, 2.24) is 19.6 Å². The number of nitrogens with zero attached hydrogens (tertiary/aromatic N) is 4. The molecule has 1 aromatic rings. The van der Waals surface area contributed by atoms with Gasteiger partial charge in [-0.3, -0.25) is 14.4 Å². The first kappa shape index (κ1) is 14.1. The van der Waals surface area contributed by atoms with Crippen LogP contribution in [0.15, 0.2) is 12.4 Å². The fraction of sp³-hybridized carbons (Fsp3) is 0.714. The highest BCUT2D eigenvalue weighted by molar-refractivity contribution is 5.78. The second-order valence-corrected chi connectivity index (χ2v) is 5.76. The summed E-state index contributed by atoms with van der Waals surface area (Å²) in [5, 5.41) is 4.14. The van der Waals surface area contributed by atoms with Gasteiger partial charge in [0.05, 0.1) is 12.7 Å². The predicted octanol–water partition coefficient (Wildman–Crippen LogP) is 1.11. The number of aryl methyl sites for hydroxylation is 1. The average Bonchev–Trinajstić information content (AvgIpc) is 2.75. The summed E-state index contributed by atoms with van der Waals surface area (Å²) < 4.78 is 1.79. The minimum absolute atomic E-state index is 0.248. The van der Waals surface area contributed by atoms with E-state index in [0.717, 1.165) is 44.0 Å². The van der Waals surface area contributed by atoms with E-state index < -0.39 is 0 Å². The number of likely N-dealkylation sites (N-methyl/N-ethyl adjacent to an activating group) is 1. The Morgan fingerprint density at radius 3 is 2.74 bits per heavy atom. The van der Waals surface area contributed by atoms with E-state index in [1.807, 2.05) is 31.4 Å². The largest absolute Gasteiger partial charge is 0.342 e. The fourth-order valence-electron chi connectivity index (χ4n) is 2.51. The Labute approximate surface area is 115 Å². The maximum Gasteiger partial charge on any atom is 0.236 e. The first-order valence-corrected chi connectivity index (χ1v) is 6.98. The Hall–Kier alpha value is -1.36. The smallest absolute Gasteiger partial charge is 0.236 e. The molecule has 1 saturated heterocycles. The van der Waals surface area contributed by atoms with Crippen molar-refractivity contribution in [1.29, 1.82) is 0 Å². The van der Waals surface area contributed by atoms with Gasteiger partial charge in [-0.2, -0.15) is 5.10 Å². The van der Waals surface area contributed by atoms with Crippen LogP contribution in [-0.2, 0) is 18.4 Å². The Kier molecular flexibility index (Phi) is 4.58. The van der Waals surface area contributed by atoms with Crippen LogP contribution < -0.4 is 0 Å². The lowest BCUT2D eigenvalue weighted by molar-refractivity contribution is -0.133. The molecule has 0 radical (unpaired) electrons. The van der Waals surface area contributed by atoms with E-state index >= 15 is 0 Å². The van der Waals surface area contributed by atoms with Crippen LogP contribution in [0.3, 0.4) is 0 Å². The minimum atomic E-state index is 0.248. The molecule has 19 heavy (non-hydrogen) atoms. The monoisotopic (exact) mass is 264 g/mol. The van der Waals surface area contributed by atoms with Gasteiger partial charge >= 0.3 is 0 Å². The third-order valence-corrected chi connectivity index (χ3v) is 3.75. The van der Waals surface area contributed by atoms with Gasteiger partial charge in [-0.15, -0.1) is 0 Å². The number of hydrogen-bond acceptors (Lipinski definition) is 3. The summed E-state index contributed by atoms with van der Waals surface area (Å²) in [6, 6.07) is 0. The molecule has 1 aromatic heterocycles. The number of likely N-dealkylation sites (tertiary alicyclic amines) is 1. The van der Waals surface area contributed by atoms with Gasteiger partial charge in [0.15, 0.2) is 0 Å². The van der Waals surface area contributed by atoms with Crippen molar-refractivity contribution in [3.8, 4) is 0 Å². The quantitative estimate of drug-likeness (QED) is 0.818. The molecule has 2 rings (SSSR count). The zero-order valence-corrected chi connectivity index (χ0v) is 12.2. The second kappa shape index (κ2) is 6.19. The average molecular weight is 264 g/mol. The molecule has 5 heteroatoms. The summed E-state index contributed by atoms with van der Waals surface area (Å²) in [5.74, 6) is 1.01. The Morgan fingerprint density at radius 2 is 2.16 bits per heavy atom. The van der Waals surface area contributed by atoms with E-state index in [4.69, 9.17) is 0 Å². The molecule has 1 amide bonds. The molecule has 0 N–H and O–H groups in total. The van der Waals surface area contributed by atoms with Crippen LogP contribution in [0.5, 0.6) is 0 Å². The van der Waals surface area contributed by atoms with E-state index in [-0.39, 0.29) is 5.91 Å². The first-order valence-electron chi connectivity index (χ1n) is 6.98. The van der Waals surface area contributed by atoms with Crippen LogP contribution in [-0.4, -0.2) is 52.2 Å². The Balaban J connectivity index is 1.78. The zero-order chi connectivity index (χ0) is 13.8. The molecule has 5 nitrogen and oxygen atoms in total. The molecular weight excluding hydrogens is 240 g/mol. The zero-order valence-electron chi connectivity index (χ0n) is 12.2. The Bertz CT molecular complexity index is 421. The molecule has 0 unspecified atom stereocenters. The molecule has 0 spiro atoms. The lowest BCUT2D eigenvalue weighted by Gasteiger charge is -2.31. The lowest BCUT2D eigenvalue weighted by Crippen LogP contribution is -2.42. The third kappa shape index (κ3) is 4.06. The van der Waals surface area contributed by atoms with Crippen LogP contribution in [0.2, 0.25) is 0 Å². The molecular formula is C14H24N4O. The normalized spacial score (nSPS) is 17.2. The molecule has 0 aliphatic carbocycles. The summed E-state index contributed by atoms with van der Waals surface area (Å²) in [7, 11) is 3.89. The minimum Gasteiger partial charge on any atom is -0.342 e. The third-order valence-electron chi connectivity index (χ3n) is 3.75. The summed E-state index contributed by atoms with van der Waals surface area (Å²) in [4.78, 5) is 16.2. The standard InChI is InChI=1S/C14H24N4O/c1-12-4-6-18(7-5-12)14(19)11-16(2)9-13-8-15-17(3)10-13/h8,10,12H,4-7,9,11H2,1-3H3. The highest BCUT2D eigenvalue weighted by Crippen LogP contribution is 2.16. The van der Waals surface area contributed by atoms with E-state index in [1.165, 1.54) is 0 Å². The van der Waals surface area contributed by atoms with E-state index in [1.54, 1.807) is 4.68 Å². The summed E-state index contributed by atoms with van der Waals surface area (Å²) in [6.45, 7) is 5.35. The maximum atomic E-state index is 12.2.